The van der Waals surface area contributed by atoms with Gasteiger partial charge in [0.25, 0.3) is 0 Å². The summed E-state index contributed by atoms with van der Waals surface area (Å²) >= 11 is 0. The summed E-state index contributed by atoms with van der Waals surface area (Å²) in [5.74, 6) is 0.0271. The van der Waals surface area contributed by atoms with E-state index in [9.17, 15) is 14.7 Å². The molecule has 0 bridgehead atoms. The summed E-state index contributed by atoms with van der Waals surface area (Å²) in [7, 11) is 0. The Morgan fingerprint density at radius 3 is 2.78 bits per heavy atom. The minimum Gasteiger partial charge on any atom is -0.493 e. The highest BCUT2D eigenvalue weighted by atomic mass is 16.5. The van der Waals surface area contributed by atoms with Crippen molar-refractivity contribution >= 4 is 11.9 Å². The van der Waals surface area contributed by atoms with Crippen molar-refractivity contribution < 1.29 is 24.2 Å². The zero-order valence-corrected chi connectivity index (χ0v) is 15.5. The molecule has 6 heteroatoms. The van der Waals surface area contributed by atoms with E-state index in [1.807, 2.05) is 32.0 Å². The molecule has 1 unspecified atom stereocenters. The van der Waals surface area contributed by atoms with Crippen LogP contribution in [0.15, 0.2) is 36.4 Å². The third-order valence-corrected chi connectivity index (χ3v) is 4.52. The van der Waals surface area contributed by atoms with E-state index in [1.165, 1.54) is 0 Å². The van der Waals surface area contributed by atoms with Crippen molar-refractivity contribution in [2.24, 2.45) is 0 Å². The van der Waals surface area contributed by atoms with E-state index in [2.05, 4.69) is 5.32 Å². The molecular weight excluding hydrogens is 346 g/mol. The van der Waals surface area contributed by atoms with Crippen molar-refractivity contribution in [2.75, 3.05) is 13.2 Å². The zero-order valence-electron chi connectivity index (χ0n) is 15.5. The normalized spacial score (nSPS) is 13.4. The summed E-state index contributed by atoms with van der Waals surface area (Å²) in [6, 6.07) is 9.94. The van der Waals surface area contributed by atoms with Crippen LogP contribution in [0.5, 0.6) is 11.5 Å². The predicted molar refractivity (Wildman–Crippen MR) is 100 cm³/mol. The topological polar surface area (TPSA) is 84.9 Å². The Labute approximate surface area is 158 Å². The van der Waals surface area contributed by atoms with Gasteiger partial charge >= 0.3 is 5.97 Å². The number of carboxylic acids is 1. The number of aryl methyl sites for hydroxylation is 2. The largest absolute Gasteiger partial charge is 0.493 e. The molecule has 1 amide bonds. The first-order chi connectivity index (χ1) is 12.9. The van der Waals surface area contributed by atoms with Gasteiger partial charge in [-0.25, -0.2) is 4.79 Å². The van der Waals surface area contributed by atoms with Gasteiger partial charge in [0.2, 0.25) is 5.91 Å². The Morgan fingerprint density at radius 1 is 1.22 bits per heavy atom. The summed E-state index contributed by atoms with van der Waals surface area (Å²) < 4.78 is 11.1. The van der Waals surface area contributed by atoms with Gasteiger partial charge in [-0.3, -0.25) is 4.79 Å². The van der Waals surface area contributed by atoms with Crippen LogP contribution in [0.3, 0.4) is 0 Å². The van der Waals surface area contributed by atoms with Crippen LogP contribution in [0.1, 0.15) is 34.7 Å². The van der Waals surface area contributed by atoms with E-state index < -0.39 is 12.0 Å². The molecule has 6 nitrogen and oxygen atoms in total. The van der Waals surface area contributed by atoms with E-state index >= 15 is 0 Å². The van der Waals surface area contributed by atoms with E-state index in [1.54, 1.807) is 18.2 Å². The fourth-order valence-electron chi connectivity index (χ4n) is 3.12. The van der Waals surface area contributed by atoms with Crippen molar-refractivity contribution in [1.82, 2.24) is 5.32 Å². The minimum atomic E-state index is -1.10. The Morgan fingerprint density at radius 2 is 2.04 bits per heavy atom. The lowest BCUT2D eigenvalue weighted by Gasteiger charge is -2.16. The summed E-state index contributed by atoms with van der Waals surface area (Å²) in [6.07, 6.45) is 0.818. The molecule has 1 aliphatic heterocycles. The van der Waals surface area contributed by atoms with Gasteiger partial charge in [0.1, 0.15) is 11.5 Å². The molecule has 0 saturated heterocycles. The number of carboxylic acid groups (broad SMARTS) is 1. The molecule has 1 aliphatic rings. The maximum atomic E-state index is 12.2. The standard InChI is InChI=1S/C21H23NO5/c1-13-3-5-17(14(2)11-13)26-10-8-19(23)22-20(21(24)25)16-4-6-18-15(12-16)7-9-27-18/h3-6,11-12,20H,7-10H2,1-2H3,(H,22,23)(H,24,25). The van der Waals surface area contributed by atoms with Crippen LogP contribution in [-0.4, -0.2) is 30.2 Å². The van der Waals surface area contributed by atoms with Crippen LogP contribution >= 0.6 is 0 Å². The van der Waals surface area contributed by atoms with Gasteiger partial charge in [-0.1, -0.05) is 23.8 Å². The third-order valence-electron chi connectivity index (χ3n) is 4.52. The molecule has 0 fully saturated rings. The summed E-state index contributed by atoms with van der Waals surface area (Å²) in [6.45, 7) is 4.72. The van der Waals surface area contributed by atoms with Gasteiger partial charge in [0.15, 0.2) is 6.04 Å². The lowest BCUT2D eigenvalue weighted by atomic mass is 10.0. The van der Waals surface area contributed by atoms with Crippen LogP contribution in [0.2, 0.25) is 0 Å². The van der Waals surface area contributed by atoms with Crippen LogP contribution in [0, 0.1) is 13.8 Å². The average Bonchev–Trinajstić information content (AvgIpc) is 3.09. The van der Waals surface area contributed by atoms with Gasteiger partial charge in [-0.15, -0.1) is 0 Å². The second kappa shape index (κ2) is 8.12. The number of rotatable bonds is 7. The lowest BCUT2D eigenvalue weighted by molar-refractivity contribution is -0.142. The van der Waals surface area contributed by atoms with Crippen LogP contribution in [0.4, 0.5) is 0 Å². The number of aliphatic carboxylic acids is 1. The van der Waals surface area contributed by atoms with E-state index in [0.29, 0.717) is 12.2 Å². The van der Waals surface area contributed by atoms with E-state index in [4.69, 9.17) is 9.47 Å². The van der Waals surface area contributed by atoms with E-state index in [0.717, 1.165) is 34.6 Å². The molecule has 0 spiro atoms. The highest BCUT2D eigenvalue weighted by Crippen LogP contribution is 2.28. The first-order valence-corrected chi connectivity index (χ1v) is 8.92. The molecule has 2 aromatic carbocycles. The van der Waals surface area contributed by atoms with Crippen molar-refractivity contribution in [3.05, 3.63) is 58.7 Å². The summed E-state index contributed by atoms with van der Waals surface area (Å²) in [5.41, 5.74) is 3.64. The molecule has 0 aromatic heterocycles. The van der Waals surface area contributed by atoms with Gasteiger partial charge in [-0.05, 0) is 48.7 Å². The highest BCUT2D eigenvalue weighted by molar-refractivity contribution is 5.84. The van der Waals surface area contributed by atoms with Crippen molar-refractivity contribution in [3.8, 4) is 11.5 Å². The zero-order chi connectivity index (χ0) is 19.4. The lowest BCUT2D eigenvalue weighted by Crippen LogP contribution is -2.34. The number of hydrogen-bond acceptors (Lipinski definition) is 4. The first-order valence-electron chi connectivity index (χ1n) is 8.92. The number of carbonyl (C=O) groups excluding carboxylic acids is 1. The minimum absolute atomic E-state index is 0.0746. The van der Waals surface area contributed by atoms with Gasteiger partial charge in [0, 0.05) is 6.42 Å². The molecule has 0 radical (unpaired) electrons. The number of nitrogens with one attached hydrogen (secondary N) is 1. The molecular formula is C21H23NO5. The van der Waals surface area contributed by atoms with Crippen LogP contribution < -0.4 is 14.8 Å². The third kappa shape index (κ3) is 4.58. The SMILES string of the molecule is Cc1ccc(OCCC(=O)NC(C(=O)O)c2ccc3c(c2)CCO3)c(C)c1. The summed E-state index contributed by atoms with van der Waals surface area (Å²) in [4.78, 5) is 23.8. The van der Waals surface area contributed by atoms with Gasteiger partial charge in [0.05, 0.1) is 19.6 Å². The predicted octanol–water partition coefficient (Wildman–Crippen LogP) is 2.95. The second-order valence-electron chi connectivity index (χ2n) is 6.67. The monoisotopic (exact) mass is 369 g/mol. The van der Waals surface area contributed by atoms with Crippen molar-refractivity contribution in [3.63, 3.8) is 0 Å². The molecule has 2 N–H and O–H groups in total. The Bertz CT molecular complexity index is 862. The second-order valence-corrected chi connectivity index (χ2v) is 6.67. The number of benzene rings is 2. The molecule has 142 valence electrons. The first kappa shape index (κ1) is 18.8. The quantitative estimate of drug-likeness (QED) is 0.784. The van der Waals surface area contributed by atoms with Crippen LogP contribution in [0.25, 0.3) is 0 Å². The molecule has 1 atom stereocenters. The highest BCUT2D eigenvalue weighted by Gasteiger charge is 2.24. The number of fused-ring (bicyclic) bond motifs is 1. The fraction of sp³-hybridized carbons (Fsp3) is 0.333. The van der Waals surface area contributed by atoms with Crippen molar-refractivity contribution in [1.29, 1.82) is 0 Å². The van der Waals surface area contributed by atoms with Crippen molar-refractivity contribution in [2.45, 2.75) is 32.7 Å². The maximum absolute atomic E-state index is 12.2. The summed E-state index contributed by atoms with van der Waals surface area (Å²) in [5, 5.41) is 12.1. The number of amides is 1. The van der Waals surface area contributed by atoms with Crippen LogP contribution in [-0.2, 0) is 16.0 Å². The number of hydrogen-bond donors (Lipinski definition) is 2. The molecule has 2 aromatic rings. The molecule has 27 heavy (non-hydrogen) atoms. The average molecular weight is 369 g/mol. The smallest absolute Gasteiger partial charge is 0.330 e. The Balaban J connectivity index is 1.58. The number of ether oxygens (including phenoxy) is 2. The van der Waals surface area contributed by atoms with Gasteiger partial charge < -0.3 is 19.9 Å². The fourth-order valence-corrected chi connectivity index (χ4v) is 3.12. The molecule has 0 aliphatic carbocycles. The Hall–Kier alpha value is -3.02. The molecule has 1 heterocycles. The molecule has 0 saturated carbocycles. The van der Waals surface area contributed by atoms with Gasteiger partial charge in [-0.2, -0.15) is 0 Å². The maximum Gasteiger partial charge on any atom is 0.330 e. The Kier molecular flexibility index (Phi) is 5.64. The number of carbonyl (C=O) groups is 2. The van der Waals surface area contributed by atoms with E-state index in [-0.39, 0.29) is 18.9 Å². The molecule has 3 rings (SSSR count).